The first kappa shape index (κ1) is 14.4. The summed E-state index contributed by atoms with van der Waals surface area (Å²) in [6.45, 7) is 2.29. The molecule has 3 atom stereocenters. The number of pyridine rings is 1. The first-order valence-electron chi connectivity index (χ1n) is 6.86. The minimum atomic E-state index is -0.134. The Hall–Kier alpha value is -1.03. The predicted octanol–water partition coefficient (Wildman–Crippen LogP) is 3.54. The Morgan fingerprint density at radius 3 is 2.95 bits per heavy atom. The maximum Gasteiger partial charge on any atom is 0.319 e. The van der Waals surface area contributed by atoms with Crippen LogP contribution >= 0.6 is 11.8 Å². The van der Waals surface area contributed by atoms with Crippen molar-refractivity contribution in [1.29, 1.82) is 0 Å². The van der Waals surface area contributed by atoms with Crippen LogP contribution in [0.2, 0.25) is 0 Å². The van der Waals surface area contributed by atoms with E-state index in [4.69, 9.17) is 4.74 Å². The number of carbonyl (C=O) groups is 1. The summed E-state index contributed by atoms with van der Waals surface area (Å²) in [5, 5.41) is 0.758. The van der Waals surface area contributed by atoms with E-state index in [9.17, 15) is 4.79 Å². The third-order valence-electron chi connectivity index (χ3n) is 3.92. The molecular formula is C15H21NO2S. The predicted molar refractivity (Wildman–Crippen MR) is 77.0 cm³/mol. The molecule has 0 saturated heterocycles. The molecule has 3 nitrogen and oxygen atoms in total. The lowest BCUT2D eigenvalue weighted by atomic mass is 9.93. The molecule has 1 heterocycles. The van der Waals surface area contributed by atoms with Gasteiger partial charge in [-0.1, -0.05) is 44.0 Å². The van der Waals surface area contributed by atoms with E-state index in [2.05, 4.69) is 11.9 Å². The number of rotatable bonds is 5. The maximum atomic E-state index is 11.9. The van der Waals surface area contributed by atoms with E-state index in [0.29, 0.717) is 5.92 Å². The van der Waals surface area contributed by atoms with E-state index < -0.39 is 0 Å². The van der Waals surface area contributed by atoms with Crippen LogP contribution in [0.1, 0.15) is 32.6 Å². The summed E-state index contributed by atoms with van der Waals surface area (Å²) in [5.74, 6) is 1.23. The van der Waals surface area contributed by atoms with E-state index in [1.165, 1.54) is 38.1 Å². The van der Waals surface area contributed by atoms with Crippen molar-refractivity contribution < 1.29 is 9.53 Å². The summed E-state index contributed by atoms with van der Waals surface area (Å²) in [7, 11) is 1.46. The van der Waals surface area contributed by atoms with Crippen LogP contribution in [0, 0.1) is 11.8 Å². The molecule has 1 aliphatic rings. The van der Waals surface area contributed by atoms with Gasteiger partial charge in [0.2, 0.25) is 0 Å². The molecule has 4 heteroatoms. The second kappa shape index (κ2) is 6.94. The highest BCUT2D eigenvalue weighted by Gasteiger charge is 2.30. The Morgan fingerprint density at radius 1 is 1.53 bits per heavy atom. The van der Waals surface area contributed by atoms with Gasteiger partial charge < -0.3 is 4.74 Å². The van der Waals surface area contributed by atoms with E-state index in [-0.39, 0.29) is 11.2 Å². The SMILES string of the molecule is COC(=O)C(C[C@@H]1CCC[C@H]1C)Sc1ccccn1. The highest BCUT2D eigenvalue weighted by molar-refractivity contribution is 8.00. The topological polar surface area (TPSA) is 39.2 Å². The zero-order valence-corrected chi connectivity index (χ0v) is 12.4. The van der Waals surface area contributed by atoms with Gasteiger partial charge in [0.05, 0.1) is 12.1 Å². The summed E-state index contributed by atoms with van der Waals surface area (Å²) in [6.07, 6.45) is 6.46. The number of aromatic nitrogens is 1. The lowest BCUT2D eigenvalue weighted by Gasteiger charge is -2.20. The fraction of sp³-hybridized carbons (Fsp3) is 0.600. The molecule has 19 heavy (non-hydrogen) atoms. The molecule has 1 fully saturated rings. The fourth-order valence-electron chi connectivity index (χ4n) is 2.73. The van der Waals surface area contributed by atoms with Gasteiger partial charge in [0.15, 0.2) is 0 Å². The number of hydrogen-bond donors (Lipinski definition) is 0. The van der Waals surface area contributed by atoms with Crippen molar-refractivity contribution in [2.45, 2.75) is 42.9 Å². The van der Waals surface area contributed by atoms with Gasteiger partial charge in [-0.05, 0) is 30.4 Å². The van der Waals surface area contributed by atoms with Gasteiger partial charge in [0.1, 0.15) is 5.25 Å². The number of methoxy groups -OCH3 is 1. The van der Waals surface area contributed by atoms with Crippen molar-refractivity contribution in [2.24, 2.45) is 11.8 Å². The standard InChI is InChI=1S/C15H21NO2S/c1-11-6-5-7-12(11)10-13(15(17)18-2)19-14-8-3-4-9-16-14/h3-4,8-9,11-13H,5-7,10H2,1-2H3/t11-,12+,13?/m1/s1. The summed E-state index contributed by atoms with van der Waals surface area (Å²) >= 11 is 1.52. The molecule has 0 aromatic carbocycles. The first-order valence-corrected chi connectivity index (χ1v) is 7.74. The summed E-state index contributed by atoms with van der Waals surface area (Å²) in [4.78, 5) is 16.2. The first-order chi connectivity index (χ1) is 9.20. The molecule has 0 amide bonds. The number of nitrogens with zero attached hydrogens (tertiary/aromatic N) is 1. The van der Waals surface area contributed by atoms with Gasteiger partial charge >= 0.3 is 5.97 Å². The Bertz CT molecular complexity index is 410. The lowest BCUT2D eigenvalue weighted by molar-refractivity contribution is -0.140. The maximum absolute atomic E-state index is 11.9. The molecule has 104 valence electrons. The van der Waals surface area contributed by atoms with Gasteiger partial charge in [-0.25, -0.2) is 4.98 Å². The van der Waals surface area contributed by atoms with Crippen LogP contribution in [-0.4, -0.2) is 23.3 Å². The Balaban J connectivity index is 2.01. The molecule has 1 aromatic heterocycles. The molecule has 0 N–H and O–H groups in total. The van der Waals surface area contributed by atoms with E-state index in [1.54, 1.807) is 6.20 Å². The van der Waals surface area contributed by atoms with Crippen molar-refractivity contribution in [1.82, 2.24) is 4.98 Å². The minimum Gasteiger partial charge on any atom is -0.468 e. The van der Waals surface area contributed by atoms with Crippen molar-refractivity contribution in [3.8, 4) is 0 Å². The van der Waals surface area contributed by atoms with Crippen molar-refractivity contribution >= 4 is 17.7 Å². The van der Waals surface area contributed by atoms with Crippen LogP contribution in [0.15, 0.2) is 29.4 Å². The van der Waals surface area contributed by atoms with Gasteiger partial charge in [-0.3, -0.25) is 4.79 Å². The van der Waals surface area contributed by atoms with E-state index in [1.807, 2.05) is 18.2 Å². The third-order valence-corrected chi connectivity index (χ3v) is 5.07. The second-order valence-corrected chi connectivity index (χ2v) is 6.42. The van der Waals surface area contributed by atoms with Crippen LogP contribution in [-0.2, 0) is 9.53 Å². The Kier molecular flexibility index (Phi) is 5.25. The Morgan fingerprint density at radius 2 is 2.37 bits per heavy atom. The zero-order chi connectivity index (χ0) is 13.7. The monoisotopic (exact) mass is 279 g/mol. The molecule has 0 radical (unpaired) electrons. The number of esters is 1. The normalized spacial score (nSPS) is 24.1. The number of ether oxygens (including phenoxy) is 1. The molecule has 1 aromatic rings. The molecule has 1 saturated carbocycles. The quantitative estimate of drug-likeness (QED) is 0.610. The number of hydrogen-bond acceptors (Lipinski definition) is 4. The zero-order valence-electron chi connectivity index (χ0n) is 11.5. The largest absolute Gasteiger partial charge is 0.468 e. The third kappa shape index (κ3) is 3.96. The average Bonchev–Trinajstić information content (AvgIpc) is 2.84. The second-order valence-electron chi connectivity index (χ2n) is 5.20. The summed E-state index contributed by atoms with van der Waals surface area (Å²) < 4.78 is 4.94. The molecule has 0 aliphatic heterocycles. The average molecular weight is 279 g/mol. The highest BCUT2D eigenvalue weighted by Crippen LogP contribution is 2.38. The van der Waals surface area contributed by atoms with Crippen molar-refractivity contribution in [3.63, 3.8) is 0 Å². The molecule has 1 aliphatic carbocycles. The van der Waals surface area contributed by atoms with Crippen molar-refractivity contribution in [2.75, 3.05) is 7.11 Å². The molecular weight excluding hydrogens is 258 g/mol. The number of carbonyl (C=O) groups excluding carboxylic acids is 1. The van der Waals surface area contributed by atoms with Crippen LogP contribution in [0.3, 0.4) is 0 Å². The van der Waals surface area contributed by atoms with Crippen LogP contribution in [0.4, 0.5) is 0 Å². The van der Waals surface area contributed by atoms with Crippen LogP contribution < -0.4 is 0 Å². The van der Waals surface area contributed by atoms with Crippen molar-refractivity contribution in [3.05, 3.63) is 24.4 Å². The summed E-state index contributed by atoms with van der Waals surface area (Å²) in [5.41, 5.74) is 0. The van der Waals surface area contributed by atoms with E-state index >= 15 is 0 Å². The van der Waals surface area contributed by atoms with Gasteiger partial charge in [0, 0.05) is 6.20 Å². The molecule has 0 spiro atoms. The van der Waals surface area contributed by atoms with Crippen LogP contribution in [0.5, 0.6) is 0 Å². The molecule has 0 bridgehead atoms. The van der Waals surface area contributed by atoms with Gasteiger partial charge in [-0.15, -0.1) is 0 Å². The minimum absolute atomic E-state index is 0.130. The smallest absolute Gasteiger partial charge is 0.319 e. The highest BCUT2D eigenvalue weighted by atomic mass is 32.2. The Labute approximate surface area is 119 Å². The van der Waals surface area contributed by atoms with Gasteiger partial charge in [-0.2, -0.15) is 0 Å². The summed E-state index contributed by atoms with van der Waals surface area (Å²) in [6, 6.07) is 5.77. The lowest BCUT2D eigenvalue weighted by Crippen LogP contribution is -2.23. The molecule has 2 rings (SSSR count). The number of thioether (sulfide) groups is 1. The molecule has 1 unspecified atom stereocenters. The van der Waals surface area contributed by atoms with Gasteiger partial charge in [0.25, 0.3) is 0 Å². The fourth-order valence-corrected chi connectivity index (χ4v) is 3.84. The van der Waals surface area contributed by atoms with Crippen LogP contribution in [0.25, 0.3) is 0 Å². The van der Waals surface area contributed by atoms with E-state index in [0.717, 1.165) is 17.4 Å².